The highest BCUT2D eigenvalue weighted by Crippen LogP contribution is 2.27. The molecular formula is C17H16N2O4. The molecule has 0 N–H and O–H groups in total. The van der Waals surface area contributed by atoms with Crippen LogP contribution in [0.5, 0.6) is 0 Å². The average molecular weight is 312 g/mol. The highest BCUT2D eigenvalue weighted by molar-refractivity contribution is 6.21. The number of hydrogen-bond donors (Lipinski definition) is 0. The second kappa shape index (κ2) is 5.72. The Hall–Kier alpha value is -2.89. The number of fused-ring (bicyclic) bond motifs is 1. The van der Waals surface area contributed by atoms with Crippen LogP contribution in [0.25, 0.3) is 0 Å². The van der Waals surface area contributed by atoms with E-state index in [2.05, 4.69) is 4.99 Å². The Morgan fingerprint density at radius 2 is 1.65 bits per heavy atom. The van der Waals surface area contributed by atoms with Crippen LogP contribution in [-0.4, -0.2) is 43.0 Å². The van der Waals surface area contributed by atoms with Crippen LogP contribution in [0.3, 0.4) is 0 Å². The number of ether oxygens (including phenoxy) is 2. The van der Waals surface area contributed by atoms with Gasteiger partial charge in [0.2, 0.25) is 5.90 Å². The molecular weight excluding hydrogens is 296 g/mol. The second-order valence-electron chi connectivity index (χ2n) is 5.17. The van der Waals surface area contributed by atoms with E-state index in [1.165, 1.54) is 7.11 Å². The summed E-state index contributed by atoms with van der Waals surface area (Å²) in [6.07, 6.45) is 2.56. The van der Waals surface area contributed by atoms with Crippen molar-refractivity contribution in [1.29, 1.82) is 0 Å². The number of allylic oxidation sites excluding steroid dienone is 1. The number of imide groups is 1. The van der Waals surface area contributed by atoms with Gasteiger partial charge < -0.3 is 9.47 Å². The predicted molar refractivity (Wildman–Crippen MR) is 84.0 cm³/mol. The van der Waals surface area contributed by atoms with E-state index in [1.807, 2.05) is 6.92 Å². The van der Waals surface area contributed by atoms with Crippen molar-refractivity contribution in [3.05, 3.63) is 58.9 Å². The van der Waals surface area contributed by atoms with Crippen molar-refractivity contribution >= 4 is 17.7 Å². The first kappa shape index (κ1) is 15.0. The fraction of sp³-hybridized carbons (Fsp3) is 0.235. The molecule has 0 fully saturated rings. The van der Waals surface area contributed by atoms with Gasteiger partial charge in [0.05, 0.1) is 25.3 Å². The monoisotopic (exact) mass is 312 g/mol. The third kappa shape index (κ3) is 2.42. The number of nitrogens with zero attached hydrogens (tertiary/aromatic N) is 2. The number of hydrogen-bond acceptors (Lipinski definition) is 5. The number of aliphatic imine (C=N–C) groups is 1. The molecule has 0 spiro atoms. The fourth-order valence-electron chi connectivity index (χ4n) is 2.65. The lowest BCUT2D eigenvalue weighted by Crippen LogP contribution is -2.38. The van der Waals surface area contributed by atoms with Crippen LogP contribution in [0, 0.1) is 0 Å². The van der Waals surface area contributed by atoms with Crippen LogP contribution in [0.2, 0.25) is 0 Å². The third-order valence-electron chi connectivity index (χ3n) is 3.82. The van der Waals surface area contributed by atoms with Gasteiger partial charge in [0.1, 0.15) is 5.76 Å². The summed E-state index contributed by atoms with van der Waals surface area (Å²) in [6, 6.07) is 6.75. The van der Waals surface area contributed by atoms with Gasteiger partial charge in [-0.1, -0.05) is 12.1 Å². The van der Waals surface area contributed by atoms with E-state index in [1.54, 1.807) is 43.5 Å². The summed E-state index contributed by atoms with van der Waals surface area (Å²) in [7, 11) is 3.02. The molecule has 0 bridgehead atoms. The fourth-order valence-corrected chi connectivity index (χ4v) is 2.65. The van der Waals surface area contributed by atoms with Crippen molar-refractivity contribution in [3.8, 4) is 0 Å². The lowest BCUT2D eigenvalue weighted by Gasteiger charge is -2.20. The Kier molecular flexibility index (Phi) is 3.73. The van der Waals surface area contributed by atoms with Gasteiger partial charge >= 0.3 is 0 Å². The first-order valence-electron chi connectivity index (χ1n) is 7.10. The molecule has 2 heterocycles. The van der Waals surface area contributed by atoms with Gasteiger partial charge in [-0.15, -0.1) is 0 Å². The minimum absolute atomic E-state index is 0.288. The molecule has 1 unspecified atom stereocenters. The highest BCUT2D eigenvalue weighted by Gasteiger charge is 2.39. The molecule has 1 aromatic rings. The summed E-state index contributed by atoms with van der Waals surface area (Å²) in [5.74, 6) is 0.139. The number of rotatable bonds is 2. The highest BCUT2D eigenvalue weighted by atomic mass is 16.5. The molecule has 3 rings (SSSR count). The maximum absolute atomic E-state index is 12.6. The largest absolute Gasteiger partial charge is 0.496 e. The van der Waals surface area contributed by atoms with Crippen molar-refractivity contribution in [3.63, 3.8) is 0 Å². The quantitative estimate of drug-likeness (QED) is 0.785. The molecule has 23 heavy (non-hydrogen) atoms. The summed E-state index contributed by atoms with van der Waals surface area (Å²) in [4.78, 5) is 30.7. The van der Waals surface area contributed by atoms with Crippen LogP contribution in [0.1, 0.15) is 27.6 Å². The summed E-state index contributed by atoms with van der Waals surface area (Å²) < 4.78 is 10.5. The molecule has 2 aliphatic heterocycles. The van der Waals surface area contributed by atoms with Gasteiger partial charge in [-0.2, -0.15) is 0 Å². The van der Waals surface area contributed by atoms with Gasteiger partial charge in [0, 0.05) is 6.08 Å². The van der Waals surface area contributed by atoms with Crippen LogP contribution in [-0.2, 0) is 9.47 Å². The molecule has 0 radical (unpaired) electrons. The summed E-state index contributed by atoms with van der Waals surface area (Å²) >= 11 is 0. The van der Waals surface area contributed by atoms with E-state index in [-0.39, 0.29) is 17.7 Å². The van der Waals surface area contributed by atoms with Crippen LogP contribution >= 0.6 is 0 Å². The maximum atomic E-state index is 12.6. The molecule has 6 nitrogen and oxygen atoms in total. The lowest BCUT2D eigenvalue weighted by atomic mass is 10.1. The smallest absolute Gasteiger partial charge is 0.263 e. The molecule has 1 aromatic carbocycles. The molecule has 118 valence electrons. The molecule has 0 aromatic heterocycles. The third-order valence-corrected chi connectivity index (χ3v) is 3.82. The Morgan fingerprint density at radius 3 is 2.17 bits per heavy atom. The zero-order chi connectivity index (χ0) is 16.6. The maximum Gasteiger partial charge on any atom is 0.263 e. The van der Waals surface area contributed by atoms with Crippen LogP contribution < -0.4 is 0 Å². The van der Waals surface area contributed by atoms with Crippen LogP contribution in [0.4, 0.5) is 0 Å². The number of benzene rings is 1. The molecule has 1 atom stereocenters. The standard InChI is InChI=1S/C17H16N2O4/c1-10-8-14(18-15(23-3)9-13(10)22-2)19-16(20)11-6-4-5-7-12(11)17(19)21/h4-9,14H,1-3H3. The number of amides is 2. The summed E-state index contributed by atoms with van der Waals surface area (Å²) in [6.45, 7) is 1.83. The van der Waals surface area contributed by atoms with Gasteiger partial charge in [0.25, 0.3) is 11.8 Å². The normalized spacial score (nSPS) is 20.4. The topological polar surface area (TPSA) is 68.2 Å². The zero-order valence-corrected chi connectivity index (χ0v) is 13.1. The van der Waals surface area contributed by atoms with Crippen molar-refractivity contribution in [1.82, 2.24) is 4.90 Å². The number of carbonyl (C=O) groups excluding carboxylic acids is 2. The molecule has 6 heteroatoms. The van der Waals surface area contributed by atoms with Gasteiger partial charge in [-0.25, -0.2) is 9.89 Å². The van der Waals surface area contributed by atoms with Gasteiger partial charge in [-0.05, 0) is 30.7 Å². The zero-order valence-electron chi connectivity index (χ0n) is 13.1. The van der Waals surface area contributed by atoms with Gasteiger partial charge in [-0.3, -0.25) is 9.59 Å². The van der Waals surface area contributed by atoms with E-state index >= 15 is 0 Å². The van der Waals surface area contributed by atoms with E-state index in [0.29, 0.717) is 16.9 Å². The van der Waals surface area contributed by atoms with E-state index in [0.717, 1.165) is 10.5 Å². The Labute approximate surface area is 133 Å². The number of methoxy groups -OCH3 is 2. The molecule has 0 saturated carbocycles. The van der Waals surface area contributed by atoms with Crippen molar-refractivity contribution < 1.29 is 19.1 Å². The Balaban J connectivity index is 2.04. The summed E-state index contributed by atoms with van der Waals surface area (Å²) in [5.41, 5.74) is 1.55. The Morgan fingerprint density at radius 1 is 1.04 bits per heavy atom. The van der Waals surface area contributed by atoms with Gasteiger partial charge in [0.15, 0.2) is 6.17 Å². The minimum atomic E-state index is -0.777. The minimum Gasteiger partial charge on any atom is -0.496 e. The first-order chi connectivity index (χ1) is 11.1. The average Bonchev–Trinajstić information content (AvgIpc) is 2.71. The van der Waals surface area contributed by atoms with E-state index in [4.69, 9.17) is 9.47 Å². The molecule has 0 aliphatic carbocycles. The lowest BCUT2D eigenvalue weighted by molar-refractivity contribution is 0.0618. The van der Waals surface area contributed by atoms with Crippen molar-refractivity contribution in [2.45, 2.75) is 13.1 Å². The van der Waals surface area contributed by atoms with E-state index < -0.39 is 6.17 Å². The Bertz CT molecular complexity index is 742. The SMILES string of the molecule is COC1=CC(OC)=NC(N2C(=O)c3ccccc3C2=O)C=C1C. The summed E-state index contributed by atoms with van der Waals surface area (Å²) in [5, 5.41) is 0. The predicted octanol–water partition coefficient (Wildman–Crippen LogP) is 2.14. The first-order valence-corrected chi connectivity index (χ1v) is 7.10. The molecule has 2 amide bonds. The number of carbonyl (C=O) groups is 2. The second-order valence-corrected chi connectivity index (χ2v) is 5.17. The molecule has 0 saturated heterocycles. The van der Waals surface area contributed by atoms with Crippen LogP contribution in [0.15, 0.2) is 52.7 Å². The molecule has 2 aliphatic rings. The van der Waals surface area contributed by atoms with E-state index in [9.17, 15) is 9.59 Å². The van der Waals surface area contributed by atoms with Crippen molar-refractivity contribution in [2.24, 2.45) is 4.99 Å². The van der Waals surface area contributed by atoms with Crippen molar-refractivity contribution in [2.75, 3.05) is 14.2 Å².